The van der Waals surface area contributed by atoms with Crippen molar-refractivity contribution in [2.75, 3.05) is 11.1 Å². The number of benzene rings is 2. The lowest BCUT2D eigenvalue weighted by Gasteiger charge is -2.04. The Morgan fingerprint density at radius 1 is 1.20 bits per heavy atom. The lowest BCUT2D eigenvalue weighted by Crippen LogP contribution is -2.12. The van der Waals surface area contributed by atoms with Gasteiger partial charge in [0.1, 0.15) is 0 Å². The van der Waals surface area contributed by atoms with Gasteiger partial charge in [0.15, 0.2) is 15.0 Å². The summed E-state index contributed by atoms with van der Waals surface area (Å²) >= 11 is 7.47. The van der Waals surface area contributed by atoms with Gasteiger partial charge in [0.2, 0.25) is 0 Å². The molecule has 1 N–H and O–H groups in total. The number of fused-ring (bicyclic) bond motifs is 1. The maximum Gasteiger partial charge on any atom is 0.257 e. The van der Waals surface area contributed by atoms with Crippen molar-refractivity contribution in [3.05, 3.63) is 52.5 Å². The molecule has 1 amide bonds. The highest BCUT2D eigenvalue weighted by atomic mass is 35.5. The van der Waals surface area contributed by atoms with Crippen molar-refractivity contribution in [3.8, 4) is 0 Å². The zero-order chi connectivity index (χ0) is 18.2. The third-order valence-corrected chi connectivity index (χ3v) is 6.95. The van der Waals surface area contributed by atoms with E-state index in [2.05, 4.69) is 10.3 Å². The normalized spacial score (nSPS) is 11.6. The molecule has 0 saturated carbocycles. The molecule has 0 aliphatic heterocycles. The first-order valence-electron chi connectivity index (χ1n) is 7.51. The molecule has 1 aromatic heterocycles. The van der Waals surface area contributed by atoms with Crippen LogP contribution in [-0.4, -0.2) is 25.1 Å². The summed E-state index contributed by atoms with van der Waals surface area (Å²) in [6, 6.07) is 9.53. The van der Waals surface area contributed by atoms with E-state index in [0.29, 0.717) is 15.7 Å². The van der Waals surface area contributed by atoms with E-state index in [1.54, 1.807) is 13.0 Å². The van der Waals surface area contributed by atoms with Gasteiger partial charge in [-0.05, 0) is 42.8 Å². The molecule has 0 bridgehead atoms. The van der Waals surface area contributed by atoms with Crippen LogP contribution in [0.25, 0.3) is 10.2 Å². The molecular weight excluding hydrogens is 380 g/mol. The number of nitrogens with one attached hydrogen (secondary N) is 1. The van der Waals surface area contributed by atoms with E-state index in [1.807, 2.05) is 13.0 Å². The highest BCUT2D eigenvalue weighted by Gasteiger charge is 2.15. The average Bonchev–Trinajstić information content (AvgIpc) is 3.03. The van der Waals surface area contributed by atoms with Crippen LogP contribution in [0.2, 0.25) is 5.02 Å². The Bertz CT molecular complexity index is 1020. The van der Waals surface area contributed by atoms with E-state index in [4.69, 9.17) is 11.6 Å². The van der Waals surface area contributed by atoms with Crippen LogP contribution in [0.5, 0.6) is 0 Å². The number of amides is 1. The van der Waals surface area contributed by atoms with Gasteiger partial charge in [-0.1, -0.05) is 35.9 Å². The first kappa shape index (κ1) is 17.8. The van der Waals surface area contributed by atoms with E-state index in [1.165, 1.54) is 35.6 Å². The fourth-order valence-corrected chi connectivity index (χ4v) is 4.40. The molecule has 25 heavy (non-hydrogen) atoms. The highest BCUT2D eigenvalue weighted by molar-refractivity contribution is 7.91. The summed E-state index contributed by atoms with van der Waals surface area (Å²) in [6.07, 6.45) is 0. The molecule has 3 aromatic rings. The Morgan fingerprint density at radius 2 is 1.88 bits per heavy atom. The smallest absolute Gasteiger partial charge is 0.257 e. The van der Waals surface area contributed by atoms with Crippen molar-refractivity contribution < 1.29 is 13.2 Å². The van der Waals surface area contributed by atoms with Gasteiger partial charge < -0.3 is 0 Å². The van der Waals surface area contributed by atoms with Gasteiger partial charge in [-0.2, -0.15) is 0 Å². The number of hydrogen-bond acceptors (Lipinski definition) is 5. The van der Waals surface area contributed by atoms with Crippen molar-refractivity contribution in [2.45, 2.75) is 18.7 Å². The monoisotopic (exact) mass is 394 g/mol. The van der Waals surface area contributed by atoms with Crippen molar-refractivity contribution >= 4 is 54.0 Å². The molecule has 3 rings (SSSR count). The summed E-state index contributed by atoms with van der Waals surface area (Å²) in [5.74, 6) is -0.335. The predicted octanol–water partition coefficient (Wildman–Crippen LogP) is 4.30. The summed E-state index contributed by atoms with van der Waals surface area (Å²) in [5, 5.41) is 3.77. The maximum atomic E-state index is 12.4. The number of carbonyl (C=O) groups is 1. The maximum absolute atomic E-state index is 12.4. The van der Waals surface area contributed by atoms with Crippen LogP contribution in [-0.2, 0) is 9.84 Å². The molecule has 130 valence electrons. The van der Waals surface area contributed by atoms with Gasteiger partial charge in [0, 0.05) is 5.56 Å². The number of rotatable bonds is 4. The highest BCUT2D eigenvalue weighted by Crippen LogP contribution is 2.34. The van der Waals surface area contributed by atoms with Crippen LogP contribution < -0.4 is 5.32 Å². The Labute approximate surface area is 154 Å². The minimum absolute atomic E-state index is 0.0182. The summed E-state index contributed by atoms with van der Waals surface area (Å²) in [7, 11) is -3.28. The second-order valence-electron chi connectivity index (χ2n) is 5.44. The summed E-state index contributed by atoms with van der Waals surface area (Å²) < 4.78 is 24.5. The van der Waals surface area contributed by atoms with Gasteiger partial charge in [0.25, 0.3) is 5.91 Å². The van der Waals surface area contributed by atoms with Gasteiger partial charge in [0.05, 0.1) is 25.9 Å². The molecular formula is C17H15ClN2O3S2. The zero-order valence-corrected chi connectivity index (χ0v) is 15.9. The molecule has 0 spiro atoms. The molecule has 1 heterocycles. The van der Waals surface area contributed by atoms with Crippen molar-refractivity contribution in [1.82, 2.24) is 4.98 Å². The number of hydrogen-bond donors (Lipinski definition) is 1. The Kier molecular flexibility index (Phi) is 4.81. The minimum atomic E-state index is -3.28. The largest absolute Gasteiger partial charge is 0.298 e. The van der Waals surface area contributed by atoms with Crippen LogP contribution in [0.3, 0.4) is 0 Å². The topological polar surface area (TPSA) is 76.1 Å². The van der Waals surface area contributed by atoms with Crippen molar-refractivity contribution in [2.24, 2.45) is 0 Å². The van der Waals surface area contributed by atoms with Gasteiger partial charge in [-0.3, -0.25) is 10.1 Å². The Morgan fingerprint density at radius 3 is 2.48 bits per heavy atom. The van der Waals surface area contributed by atoms with Gasteiger partial charge >= 0.3 is 0 Å². The van der Waals surface area contributed by atoms with E-state index < -0.39 is 9.84 Å². The quantitative estimate of drug-likeness (QED) is 0.715. The van der Waals surface area contributed by atoms with Crippen molar-refractivity contribution in [1.29, 1.82) is 0 Å². The lowest BCUT2D eigenvalue weighted by atomic mass is 10.2. The van der Waals surface area contributed by atoms with Crippen LogP contribution in [0.15, 0.2) is 41.3 Å². The Balaban J connectivity index is 1.85. The summed E-state index contributed by atoms with van der Waals surface area (Å²) in [5.41, 5.74) is 2.10. The van der Waals surface area contributed by atoms with E-state index in [-0.39, 0.29) is 16.6 Å². The molecule has 0 aliphatic carbocycles. The van der Waals surface area contributed by atoms with Crippen LogP contribution in [0.1, 0.15) is 22.8 Å². The second kappa shape index (κ2) is 6.74. The fourth-order valence-electron chi connectivity index (χ4n) is 2.31. The van der Waals surface area contributed by atoms with E-state index in [0.717, 1.165) is 15.8 Å². The fraction of sp³-hybridized carbons (Fsp3) is 0.176. The molecule has 0 unspecified atom stereocenters. The van der Waals surface area contributed by atoms with E-state index in [9.17, 15) is 13.2 Å². The van der Waals surface area contributed by atoms with Crippen LogP contribution >= 0.6 is 22.9 Å². The number of aromatic nitrogens is 1. The molecule has 5 nitrogen and oxygen atoms in total. The first-order chi connectivity index (χ1) is 11.8. The van der Waals surface area contributed by atoms with Gasteiger partial charge in [-0.25, -0.2) is 13.4 Å². The first-order valence-corrected chi connectivity index (χ1v) is 10.4. The SMILES string of the molecule is CCS(=O)(=O)c1ccc(C(=O)Nc2nc3c(C)ccc(Cl)c3s2)cc1. The second-order valence-corrected chi connectivity index (χ2v) is 9.13. The third-order valence-electron chi connectivity index (χ3n) is 3.77. The molecule has 8 heteroatoms. The number of nitrogens with zero attached hydrogens (tertiary/aromatic N) is 1. The number of aryl methyl sites for hydroxylation is 1. The van der Waals surface area contributed by atoms with E-state index >= 15 is 0 Å². The molecule has 0 atom stereocenters. The number of thiazole rings is 1. The lowest BCUT2D eigenvalue weighted by molar-refractivity contribution is 0.102. The number of anilines is 1. The summed E-state index contributed by atoms with van der Waals surface area (Å²) in [6.45, 7) is 3.51. The number of carbonyl (C=O) groups excluding carboxylic acids is 1. The summed E-state index contributed by atoms with van der Waals surface area (Å²) in [4.78, 5) is 17.0. The number of sulfone groups is 1. The predicted molar refractivity (Wildman–Crippen MR) is 101 cm³/mol. The van der Waals surface area contributed by atoms with Gasteiger partial charge in [-0.15, -0.1) is 0 Å². The standard InChI is InChI=1S/C17H15ClN2O3S2/c1-3-25(22,23)12-7-5-11(6-8-12)16(21)20-17-19-14-10(2)4-9-13(18)15(14)24-17/h4-9H,3H2,1-2H3,(H,19,20,21). The third kappa shape index (κ3) is 3.53. The van der Waals surface area contributed by atoms with Crippen LogP contribution in [0, 0.1) is 6.92 Å². The minimum Gasteiger partial charge on any atom is -0.298 e. The molecule has 0 radical (unpaired) electrons. The molecule has 0 aliphatic rings. The van der Waals surface area contributed by atoms with Crippen LogP contribution in [0.4, 0.5) is 5.13 Å². The molecule has 2 aromatic carbocycles. The molecule has 0 fully saturated rings. The zero-order valence-electron chi connectivity index (χ0n) is 13.5. The average molecular weight is 395 g/mol. The number of halogens is 1. The Hall–Kier alpha value is -1.96. The molecule has 0 saturated heterocycles. The van der Waals surface area contributed by atoms with Crippen molar-refractivity contribution in [3.63, 3.8) is 0 Å².